The number of methoxy groups -OCH3 is 2. The van der Waals surface area contributed by atoms with E-state index >= 15 is 0 Å². The van der Waals surface area contributed by atoms with Crippen LogP contribution in [0.4, 0.5) is 0 Å². The SMILES string of the molecule is COc1ccc(C=CC(=O)NCCn2cnc(C3CCCC3)cc2=O)cc1OC. The fourth-order valence-electron chi connectivity index (χ4n) is 3.54. The molecule has 1 aliphatic carbocycles. The lowest BCUT2D eigenvalue weighted by Gasteiger charge is -2.10. The average Bonchev–Trinajstić information content (AvgIpc) is 3.28. The molecule has 0 atom stereocenters. The van der Waals surface area contributed by atoms with Crippen LogP contribution in [0.1, 0.15) is 42.9 Å². The number of aromatic nitrogens is 2. The van der Waals surface area contributed by atoms with Crippen molar-refractivity contribution in [2.75, 3.05) is 20.8 Å². The molecule has 0 unspecified atom stereocenters. The summed E-state index contributed by atoms with van der Waals surface area (Å²) < 4.78 is 12.0. The molecule has 1 aromatic carbocycles. The number of nitrogens with one attached hydrogen (secondary N) is 1. The number of carbonyl (C=O) groups excluding carboxylic acids is 1. The zero-order chi connectivity index (χ0) is 20.6. The van der Waals surface area contributed by atoms with E-state index in [2.05, 4.69) is 10.3 Å². The fourth-order valence-corrected chi connectivity index (χ4v) is 3.54. The smallest absolute Gasteiger partial charge is 0.253 e. The van der Waals surface area contributed by atoms with Crippen LogP contribution in [0.3, 0.4) is 0 Å². The molecule has 29 heavy (non-hydrogen) atoms. The molecule has 1 aliphatic rings. The molecule has 7 heteroatoms. The fraction of sp³-hybridized carbons (Fsp3) is 0.409. The van der Waals surface area contributed by atoms with Gasteiger partial charge in [-0.2, -0.15) is 0 Å². The largest absolute Gasteiger partial charge is 0.493 e. The van der Waals surface area contributed by atoms with Crippen LogP contribution in [-0.2, 0) is 11.3 Å². The van der Waals surface area contributed by atoms with Crippen molar-refractivity contribution < 1.29 is 14.3 Å². The monoisotopic (exact) mass is 397 g/mol. The van der Waals surface area contributed by atoms with E-state index in [1.165, 1.54) is 23.5 Å². The van der Waals surface area contributed by atoms with Gasteiger partial charge in [0.2, 0.25) is 5.91 Å². The van der Waals surface area contributed by atoms with Crippen LogP contribution < -0.4 is 20.3 Å². The summed E-state index contributed by atoms with van der Waals surface area (Å²) >= 11 is 0. The number of rotatable bonds is 8. The highest BCUT2D eigenvalue weighted by Gasteiger charge is 2.18. The summed E-state index contributed by atoms with van der Waals surface area (Å²) in [5.74, 6) is 1.41. The number of carbonyl (C=O) groups is 1. The number of hydrogen-bond acceptors (Lipinski definition) is 5. The first-order valence-corrected chi connectivity index (χ1v) is 9.85. The van der Waals surface area contributed by atoms with E-state index in [1.807, 2.05) is 6.07 Å². The van der Waals surface area contributed by atoms with E-state index < -0.39 is 0 Å². The molecule has 154 valence electrons. The van der Waals surface area contributed by atoms with Gasteiger partial charge in [0.15, 0.2) is 11.5 Å². The Kier molecular flexibility index (Phi) is 7.05. The Hall–Kier alpha value is -3.09. The van der Waals surface area contributed by atoms with Crippen molar-refractivity contribution in [2.24, 2.45) is 0 Å². The summed E-state index contributed by atoms with van der Waals surface area (Å²) in [5, 5.41) is 2.78. The molecule has 0 aliphatic heterocycles. The van der Waals surface area contributed by atoms with Crippen molar-refractivity contribution in [2.45, 2.75) is 38.1 Å². The first kappa shape index (κ1) is 20.6. The minimum atomic E-state index is -0.233. The van der Waals surface area contributed by atoms with Crippen LogP contribution in [0.15, 0.2) is 41.5 Å². The maximum Gasteiger partial charge on any atom is 0.253 e. The van der Waals surface area contributed by atoms with Crippen molar-refractivity contribution in [3.8, 4) is 11.5 Å². The summed E-state index contributed by atoms with van der Waals surface area (Å²) in [4.78, 5) is 28.8. The van der Waals surface area contributed by atoms with Gasteiger partial charge in [0, 0.05) is 31.1 Å². The van der Waals surface area contributed by atoms with E-state index in [1.54, 1.807) is 44.8 Å². The molecule has 1 N–H and O–H groups in total. The third-order valence-corrected chi connectivity index (χ3v) is 5.16. The predicted molar refractivity (Wildman–Crippen MR) is 111 cm³/mol. The maximum atomic E-state index is 12.3. The molecule has 0 saturated heterocycles. The first-order valence-electron chi connectivity index (χ1n) is 9.85. The van der Waals surface area contributed by atoms with Gasteiger partial charge in [-0.3, -0.25) is 14.2 Å². The van der Waals surface area contributed by atoms with E-state index in [4.69, 9.17) is 9.47 Å². The summed E-state index contributed by atoms with van der Waals surface area (Å²) in [6.45, 7) is 0.728. The Morgan fingerprint density at radius 2 is 1.97 bits per heavy atom. The van der Waals surface area contributed by atoms with Crippen LogP contribution in [0.5, 0.6) is 11.5 Å². The quantitative estimate of drug-likeness (QED) is 0.693. The van der Waals surface area contributed by atoms with Gasteiger partial charge < -0.3 is 14.8 Å². The summed E-state index contributed by atoms with van der Waals surface area (Å²) in [6, 6.07) is 7.04. The third kappa shape index (κ3) is 5.47. The van der Waals surface area contributed by atoms with Crippen molar-refractivity contribution >= 4 is 12.0 Å². The van der Waals surface area contributed by atoms with Gasteiger partial charge in [-0.05, 0) is 36.6 Å². The summed E-state index contributed by atoms with van der Waals surface area (Å²) in [6.07, 6.45) is 9.36. The predicted octanol–water partition coefficient (Wildman–Crippen LogP) is 2.75. The number of nitrogens with zero attached hydrogens (tertiary/aromatic N) is 2. The Morgan fingerprint density at radius 1 is 1.21 bits per heavy atom. The standard InChI is InChI=1S/C22H27N3O4/c1-28-19-9-7-16(13-20(19)29-2)8-10-21(26)23-11-12-25-15-24-18(14-22(25)27)17-5-3-4-6-17/h7-10,13-15,17H,3-6,11-12H2,1-2H3,(H,23,26). The number of amides is 1. The van der Waals surface area contributed by atoms with Crippen LogP contribution in [0.25, 0.3) is 6.08 Å². The lowest BCUT2D eigenvalue weighted by Crippen LogP contribution is -2.30. The van der Waals surface area contributed by atoms with Crippen molar-refractivity contribution in [3.05, 3.63) is 58.3 Å². The molecule has 1 aromatic heterocycles. The average molecular weight is 397 g/mol. The molecule has 0 spiro atoms. The topological polar surface area (TPSA) is 82.5 Å². The van der Waals surface area contributed by atoms with Crippen molar-refractivity contribution in [1.29, 1.82) is 0 Å². The maximum absolute atomic E-state index is 12.3. The molecule has 1 saturated carbocycles. The highest BCUT2D eigenvalue weighted by atomic mass is 16.5. The van der Waals surface area contributed by atoms with Gasteiger partial charge >= 0.3 is 0 Å². The van der Waals surface area contributed by atoms with Crippen LogP contribution in [-0.4, -0.2) is 36.2 Å². The summed E-state index contributed by atoms with van der Waals surface area (Å²) in [5.41, 5.74) is 1.64. The van der Waals surface area contributed by atoms with Crippen LogP contribution in [0, 0.1) is 0 Å². The second-order valence-corrected chi connectivity index (χ2v) is 7.07. The number of ether oxygens (including phenoxy) is 2. The Labute approximate surface area is 170 Å². The molecular formula is C22H27N3O4. The zero-order valence-corrected chi connectivity index (χ0v) is 16.9. The molecule has 3 rings (SSSR count). The van der Waals surface area contributed by atoms with Gasteiger partial charge in [-0.1, -0.05) is 18.9 Å². The molecule has 0 bridgehead atoms. The van der Waals surface area contributed by atoms with Gasteiger partial charge in [0.25, 0.3) is 5.56 Å². The van der Waals surface area contributed by atoms with Gasteiger partial charge in [0.1, 0.15) is 0 Å². The highest BCUT2D eigenvalue weighted by Crippen LogP contribution is 2.32. The minimum Gasteiger partial charge on any atom is -0.493 e. The van der Waals surface area contributed by atoms with E-state index in [-0.39, 0.29) is 11.5 Å². The van der Waals surface area contributed by atoms with Crippen molar-refractivity contribution in [1.82, 2.24) is 14.9 Å². The zero-order valence-electron chi connectivity index (χ0n) is 16.9. The van der Waals surface area contributed by atoms with E-state index in [0.29, 0.717) is 30.5 Å². The van der Waals surface area contributed by atoms with Crippen LogP contribution >= 0.6 is 0 Å². The second kappa shape index (κ2) is 9.91. The summed E-state index contributed by atoms with van der Waals surface area (Å²) in [7, 11) is 3.14. The lowest BCUT2D eigenvalue weighted by molar-refractivity contribution is -0.116. The lowest BCUT2D eigenvalue weighted by atomic mass is 10.0. The highest BCUT2D eigenvalue weighted by molar-refractivity contribution is 5.91. The molecule has 0 radical (unpaired) electrons. The number of benzene rings is 1. The Morgan fingerprint density at radius 3 is 2.66 bits per heavy atom. The van der Waals surface area contributed by atoms with Crippen LogP contribution in [0.2, 0.25) is 0 Å². The normalized spacial score (nSPS) is 14.3. The molecule has 7 nitrogen and oxygen atoms in total. The molecule has 1 amide bonds. The molecule has 2 aromatic rings. The van der Waals surface area contributed by atoms with E-state index in [9.17, 15) is 9.59 Å². The molecule has 1 fully saturated rings. The molecule has 1 heterocycles. The van der Waals surface area contributed by atoms with Gasteiger partial charge in [0.05, 0.1) is 26.2 Å². The first-order chi connectivity index (χ1) is 14.1. The second-order valence-electron chi connectivity index (χ2n) is 7.07. The van der Waals surface area contributed by atoms with Gasteiger partial charge in [-0.15, -0.1) is 0 Å². The Bertz CT molecular complexity index is 930. The van der Waals surface area contributed by atoms with E-state index in [0.717, 1.165) is 24.1 Å². The minimum absolute atomic E-state index is 0.0722. The van der Waals surface area contributed by atoms with Crippen molar-refractivity contribution in [3.63, 3.8) is 0 Å². The Balaban J connectivity index is 1.51. The van der Waals surface area contributed by atoms with Gasteiger partial charge in [-0.25, -0.2) is 4.98 Å². The number of hydrogen-bond donors (Lipinski definition) is 1. The third-order valence-electron chi connectivity index (χ3n) is 5.16. The molecular weight excluding hydrogens is 370 g/mol.